The van der Waals surface area contributed by atoms with Crippen molar-refractivity contribution in [2.24, 2.45) is 5.84 Å². The number of hydrazine groups is 1. The summed E-state index contributed by atoms with van der Waals surface area (Å²) in [7, 11) is 0. The van der Waals surface area contributed by atoms with Crippen LogP contribution in [-0.4, -0.2) is 9.97 Å². The number of hydrogen-bond donors (Lipinski definition) is 2. The smallest absolute Gasteiger partial charge is 0.169 e. The van der Waals surface area contributed by atoms with Gasteiger partial charge in [-0.3, -0.25) is 0 Å². The SMILES string of the molecule is NNc1nc(COc2ccc(Br)cc2F)nc2sccc12. The molecule has 0 amide bonds. The highest BCUT2D eigenvalue weighted by Gasteiger charge is 2.10. The molecule has 21 heavy (non-hydrogen) atoms. The molecule has 2 aromatic heterocycles. The van der Waals surface area contributed by atoms with Gasteiger partial charge in [0.1, 0.15) is 11.4 Å². The average molecular weight is 369 g/mol. The number of nitrogens with two attached hydrogens (primary N) is 1. The Labute approximate surface area is 132 Å². The molecule has 108 valence electrons. The van der Waals surface area contributed by atoms with Crippen molar-refractivity contribution in [1.29, 1.82) is 0 Å². The van der Waals surface area contributed by atoms with Crippen molar-refractivity contribution in [3.63, 3.8) is 0 Å². The molecule has 0 aliphatic carbocycles. The lowest BCUT2D eigenvalue weighted by Crippen LogP contribution is -2.11. The van der Waals surface area contributed by atoms with Crippen molar-refractivity contribution < 1.29 is 9.13 Å². The summed E-state index contributed by atoms with van der Waals surface area (Å²) in [6, 6.07) is 6.47. The summed E-state index contributed by atoms with van der Waals surface area (Å²) in [5, 5.41) is 2.75. The highest BCUT2D eigenvalue weighted by atomic mass is 79.9. The zero-order chi connectivity index (χ0) is 14.8. The largest absolute Gasteiger partial charge is 0.483 e. The molecule has 0 fully saturated rings. The molecule has 1 aromatic carbocycles. The van der Waals surface area contributed by atoms with Gasteiger partial charge in [0.2, 0.25) is 0 Å². The van der Waals surface area contributed by atoms with Gasteiger partial charge in [0, 0.05) is 4.47 Å². The highest BCUT2D eigenvalue weighted by Crippen LogP contribution is 2.25. The first kappa shape index (κ1) is 14.2. The molecule has 8 heteroatoms. The molecule has 0 aliphatic heterocycles. The van der Waals surface area contributed by atoms with Gasteiger partial charge in [0.05, 0.1) is 5.39 Å². The second kappa shape index (κ2) is 5.92. The van der Waals surface area contributed by atoms with Crippen LogP contribution in [0.3, 0.4) is 0 Å². The van der Waals surface area contributed by atoms with E-state index in [-0.39, 0.29) is 12.4 Å². The number of thiophene rings is 1. The maximum atomic E-state index is 13.7. The van der Waals surface area contributed by atoms with Crippen molar-refractivity contribution in [2.45, 2.75) is 6.61 Å². The maximum Gasteiger partial charge on any atom is 0.169 e. The van der Waals surface area contributed by atoms with Crippen LogP contribution in [0.25, 0.3) is 10.2 Å². The van der Waals surface area contributed by atoms with Gasteiger partial charge in [-0.05, 0) is 29.6 Å². The van der Waals surface area contributed by atoms with E-state index in [2.05, 4.69) is 31.3 Å². The number of hydrogen-bond acceptors (Lipinski definition) is 6. The van der Waals surface area contributed by atoms with Crippen LogP contribution >= 0.6 is 27.3 Å². The van der Waals surface area contributed by atoms with Crippen molar-refractivity contribution in [3.8, 4) is 5.75 Å². The van der Waals surface area contributed by atoms with Crippen LogP contribution < -0.4 is 16.0 Å². The van der Waals surface area contributed by atoms with Crippen LogP contribution in [0.4, 0.5) is 10.2 Å². The summed E-state index contributed by atoms with van der Waals surface area (Å²) in [4.78, 5) is 9.42. The lowest BCUT2D eigenvalue weighted by atomic mass is 10.3. The second-order valence-corrected chi connectivity index (χ2v) is 5.95. The summed E-state index contributed by atoms with van der Waals surface area (Å²) in [5.41, 5.74) is 2.53. The number of ether oxygens (including phenoxy) is 1. The van der Waals surface area contributed by atoms with Crippen molar-refractivity contribution in [3.05, 3.63) is 45.8 Å². The van der Waals surface area contributed by atoms with Gasteiger partial charge in [-0.1, -0.05) is 15.9 Å². The van der Waals surface area contributed by atoms with E-state index in [4.69, 9.17) is 10.6 Å². The predicted octanol–water partition coefficient (Wildman–Crippen LogP) is 3.46. The van der Waals surface area contributed by atoms with Crippen LogP contribution in [0, 0.1) is 5.82 Å². The van der Waals surface area contributed by atoms with Crippen LogP contribution in [0.5, 0.6) is 5.75 Å². The average Bonchev–Trinajstić information content (AvgIpc) is 2.93. The van der Waals surface area contributed by atoms with Gasteiger partial charge in [-0.15, -0.1) is 11.3 Å². The minimum absolute atomic E-state index is 0.0566. The highest BCUT2D eigenvalue weighted by molar-refractivity contribution is 9.10. The zero-order valence-corrected chi connectivity index (χ0v) is 13.0. The zero-order valence-electron chi connectivity index (χ0n) is 10.6. The van der Waals surface area contributed by atoms with E-state index >= 15 is 0 Å². The maximum absolute atomic E-state index is 13.7. The van der Waals surface area contributed by atoms with Crippen molar-refractivity contribution in [2.75, 3.05) is 5.43 Å². The lowest BCUT2D eigenvalue weighted by Gasteiger charge is -2.08. The number of halogens is 2. The first-order valence-electron chi connectivity index (χ1n) is 5.96. The third-order valence-electron chi connectivity index (χ3n) is 2.76. The molecule has 0 bridgehead atoms. The van der Waals surface area contributed by atoms with E-state index in [1.165, 1.54) is 17.4 Å². The molecule has 0 saturated heterocycles. The Morgan fingerprint density at radius 1 is 1.33 bits per heavy atom. The minimum atomic E-state index is -0.446. The molecule has 0 radical (unpaired) electrons. The number of benzene rings is 1. The number of nitrogens with zero attached hydrogens (tertiary/aromatic N) is 2. The molecule has 3 N–H and O–H groups in total. The Hall–Kier alpha value is -1.77. The van der Waals surface area contributed by atoms with Gasteiger partial charge >= 0.3 is 0 Å². The van der Waals surface area contributed by atoms with Gasteiger partial charge in [0.25, 0.3) is 0 Å². The fraction of sp³-hybridized carbons (Fsp3) is 0.0769. The summed E-state index contributed by atoms with van der Waals surface area (Å²) in [5.74, 6) is 6.11. The molecule has 0 atom stereocenters. The number of rotatable bonds is 4. The molecule has 2 heterocycles. The number of anilines is 1. The van der Waals surface area contributed by atoms with E-state index in [1.54, 1.807) is 12.1 Å². The standard InChI is InChI=1S/C13H10BrFN4OS/c14-7-1-2-10(9(15)5-7)20-6-11-17-12(19-16)8-3-4-21-13(8)18-11/h1-5H,6,16H2,(H,17,18,19). The molecule has 0 aliphatic rings. The van der Waals surface area contributed by atoms with E-state index in [0.29, 0.717) is 16.1 Å². The monoisotopic (exact) mass is 368 g/mol. The quantitative estimate of drug-likeness (QED) is 0.544. The summed E-state index contributed by atoms with van der Waals surface area (Å²) < 4.78 is 19.7. The molecule has 0 spiro atoms. The first-order chi connectivity index (χ1) is 10.2. The summed E-state index contributed by atoms with van der Waals surface area (Å²) in [6.45, 7) is 0.0566. The third kappa shape index (κ3) is 2.97. The Morgan fingerprint density at radius 2 is 2.19 bits per heavy atom. The van der Waals surface area contributed by atoms with E-state index in [0.717, 1.165) is 10.2 Å². The van der Waals surface area contributed by atoms with Gasteiger partial charge < -0.3 is 10.2 Å². The lowest BCUT2D eigenvalue weighted by molar-refractivity contribution is 0.281. The fourth-order valence-corrected chi connectivity index (χ4v) is 2.92. The summed E-state index contributed by atoms with van der Waals surface area (Å²) in [6.07, 6.45) is 0. The van der Waals surface area contributed by atoms with Gasteiger partial charge in [-0.25, -0.2) is 20.2 Å². The van der Waals surface area contributed by atoms with Gasteiger partial charge in [-0.2, -0.15) is 0 Å². The van der Waals surface area contributed by atoms with E-state index < -0.39 is 5.82 Å². The van der Waals surface area contributed by atoms with Crippen LogP contribution in [-0.2, 0) is 6.61 Å². The molecule has 3 rings (SSSR count). The van der Waals surface area contributed by atoms with Crippen molar-refractivity contribution in [1.82, 2.24) is 9.97 Å². The van der Waals surface area contributed by atoms with E-state index in [1.807, 2.05) is 11.4 Å². The fourth-order valence-electron chi connectivity index (χ4n) is 1.81. The number of nitrogen functional groups attached to an aromatic ring is 1. The van der Waals surface area contributed by atoms with Crippen LogP contribution in [0.15, 0.2) is 34.1 Å². The first-order valence-corrected chi connectivity index (χ1v) is 7.63. The third-order valence-corrected chi connectivity index (χ3v) is 4.06. The van der Waals surface area contributed by atoms with Crippen LogP contribution in [0.1, 0.15) is 5.82 Å². The summed E-state index contributed by atoms with van der Waals surface area (Å²) >= 11 is 4.67. The van der Waals surface area contributed by atoms with Crippen LogP contribution in [0.2, 0.25) is 0 Å². The molecular formula is C13H10BrFN4OS. The number of aromatic nitrogens is 2. The van der Waals surface area contributed by atoms with E-state index in [9.17, 15) is 4.39 Å². The Bertz CT molecular complexity index is 795. The van der Waals surface area contributed by atoms with Gasteiger partial charge in [0.15, 0.2) is 23.2 Å². The molecular weight excluding hydrogens is 359 g/mol. The van der Waals surface area contributed by atoms with Crippen molar-refractivity contribution >= 4 is 43.3 Å². The molecule has 3 aromatic rings. The molecule has 0 unspecified atom stereocenters. The predicted molar refractivity (Wildman–Crippen MR) is 83.7 cm³/mol. The normalized spacial score (nSPS) is 10.8. The Balaban J connectivity index is 1.84. The Kier molecular flexibility index (Phi) is 4.00. The number of nitrogens with one attached hydrogen (secondary N) is 1. The molecule has 5 nitrogen and oxygen atoms in total. The Morgan fingerprint density at radius 3 is 2.95 bits per heavy atom. The number of fused-ring (bicyclic) bond motifs is 1. The minimum Gasteiger partial charge on any atom is -0.483 e. The topological polar surface area (TPSA) is 73.1 Å². The second-order valence-electron chi connectivity index (χ2n) is 4.14. The molecule has 0 saturated carbocycles.